The fraction of sp³-hybridized carbons (Fsp3) is 0.227. The van der Waals surface area contributed by atoms with Gasteiger partial charge in [0.25, 0.3) is 0 Å². The zero-order valence-electron chi connectivity index (χ0n) is 15.9. The summed E-state index contributed by atoms with van der Waals surface area (Å²) in [6.45, 7) is 8.14. The van der Waals surface area contributed by atoms with Crippen molar-refractivity contribution in [2.24, 2.45) is 4.99 Å². The molecule has 2 aromatic heterocycles. The Labute approximate surface area is 157 Å². The van der Waals surface area contributed by atoms with Gasteiger partial charge in [0.1, 0.15) is 11.5 Å². The van der Waals surface area contributed by atoms with Crippen LogP contribution in [0.2, 0.25) is 0 Å². The molecule has 1 aliphatic rings. The number of rotatable bonds is 3. The number of hydrogen-bond donors (Lipinski definition) is 3. The number of aromatic amines is 2. The SMILES string of the molecule is Cc1cc(C)c(C=c2[nH]/c(=C3/C=c4c(O)cccc4=N3)cc2OC(C)C)[nH]1. The molecule has 0 saturated heterocycles. The summed E-state index contributed by atoms with van der Waals surface area (Å²) in [7, 11) is 0. The number of fused-ring (bicyclic) bond motifs is 1. The highest BCUT2D eigenvalue weighted by atomic mass is 16.5. The first-order chi connectivity index (χ1) is 12.9. The van der Waals surface area contributed by atoms with Crippen LogP contribution >= 0.6 is 0 Å². The average molecular weight is 361 g/mol. The molecule has 0 atom stereocenters. The second-order valence-corrected chi connectivity index (χ2v) is 7.17. The fourth-order valence-corrected chi connectivity index (χ4v) is 3.32. The van der Waals surface area contributed by atoms with Crippen LogP contribution in [0, 0.1) is 13.8 Å². The first-order valence-corrected chi connectivity index (χ1v) is 9.07. The molecule has 0 spiro atoms. The van der Waals surface area contributed by atoms with Crippen molar-refractivity contribution < 1.29 is 9.84 Å². The summed E-state index contributed by atoms with van der Waals surface area (Å²) in [4.78, 5) is 11.4. The molecular weight excluding hydrogens is 338 g/mol. The summed E-state index contributed by atoms with van der Waals surface area (Å²) >= 11 is 0. The van der Waals surface area contributed by atoms with Crippen LogP contribution in [-0.2, 0) is 0 Å². The van der Waals surface area contributed by atoms with E-state index in [1.807, 2.05) is 39.0 Å². The van der Waals surface area contributed by atoms with Gasteiger partial charge in [-0.1, -0.05) is 6.07 Å². The third-order valence-corrected chi connectivity index (χ3v) is 4.51. The number of H-pyrrole nitrogens is 2. The van der Waals surface area contributed by atoms with Gasteiger partial charge < -0.3 is 19.8 Å². The summed E-state index contributed by atoms with van der Waals surface area (Å²) in [5.41, 5.74) is 4.13. The average Bonchev–Trinajstić information content (AvgIpc) is 3.26. The van der Waals surface area contributed by atoms with Gasteiger partial charge in [-0.15, -0.1) is 0 Å². The van der Waals surface area contributed by atoms with Gasteiger partial charge in [0, 0.05) is 22.7 Å². The molecule has 3 N–H and O–H groups in total. The molecule has 27 heavy (non-hydrogen) atoms. The third kappa shape index (κ3) is 3.28. The molecule has 138 valence electrons. The number of nitrogens with zero attached hydrogens (tertiary/aromatic N) is 1. The van der Waals surface area contributed by atoms with Gasteiger partial charge in [-0.25, -0.2) is 4.99 Å². The number of phenols is 1. The van der Waals surface area contributed by atoms with Gasteiger partial charge in [0.05, 0.1) is 27.9 Å². The molecule has 1 aromatic carbocycles. The minimum atomic E-state index is 0.0583. The van der Waals surface area contributed by atoms with Crippen molar-refractivity contribution in [1.82, 2.24) is 9.97 Å². The van der Waals surface area contributed by atoms with E-state index in [9.17, 15) is 5.11 Å². The minimum absolute atomic E-state index is 0.0583. The van der Waals surface area contributed by atoms with Crippen LogP contribution in [0.1, 0.15) is 30.8 Å². The predicted molar refractivity (Wildman–Crippen MR) is 106 cm³/mol. The first-order valence-electron chi connectivity index (χ1n) is 9.07. The van der Waals surface area contributed by atoms with Gasteiger partial charge >= 0.3 is 0 Å². The highest BCUT2D eigenvalue weighted by Gasteiger charge is 2.10. The molecule has 0 amide bonds. The molecular formula is C22H23N3O2. The number of ether oxygens (including phenoxy) is 1. The van der Waals surface area contributed by atoms with Gasteiger partial charge in [-0.05, 0) is 63.6 Å². The minimum Gasteiger partial charge on any atom is -0.507 e. The number of hydrogen-bond acceptors (Lipinski definition) is 3. The maximum Gasteiger partial charge on any atom is 0.145 e. The molecule has 1 aliphatic heterocycles. The second kappa shape index (κ2) is 6.50. The predicted octanol–water partition coefficient (Wildman–Crippen LogP) is 1.50. The third-order valence-electron chi connectivity index (χ3n) is 4.51. The Morgan fingerprint density at radius 1 is 1.15 bits per heavy atom. The second-order valence-electron chi connectivity index (χ2n) is 7.17. The summed E-state index contributed by atoms with van der Waals surface area (Å²) in [6.07, 6.45) is 4.01. The van der Waals surface area contributed by atoms with Gasteiger partial charge in [-0.2, -0.15) is 0 Å². The highest BCUT2D eigenvalue weighted by molar-refractivity contribution is 5.77. The maximum absolute atomic E-state index is 10.1. The highest BCUT2D eigenvalue weighted by Crippen LogP contribution is 2.12. The Morgan fingerprint density at radius 3 is 2.63 bits per heavy atom. The van der Waals surface area contributed by atoms with E-state index >= 15 is 0 Å². The maximum atomic E-state index is 10.1. The number of aryl methyl sites for hydroxylation is 2. The Hall–Kier alpha value is -3.21. The number of phenolic OH excluding ortho intramolecular Hbond substituents is 1. The lowest BCUT2D eigenvalue weighted by atomic mass is 10.2. The van der Waals surface area contributed by atoms with Gasteiger partial charge in [0.2, 0.25) is 0 Å². The lowest BCUT2D eigenvalue weighted by molar-refractivity contribution is 0.240. The molecule has 4 rings (SSSR count). The molecule has 3 aromatic rings. The summed E-state index contributed by atoms with van der Waals surface area (Å²) < 4.78 is 6.01. The summed E-state index contributed by atoms with van der Waals surface area (Å²) in [6, 6.07) is 9.45. The molecule has 5 nitrogen and oxygen atoms in total. The molecule has 0 bridgehead atoms. The smallest absolute Gasteiger partial charge is 0.145 e. The monoisotopic (exact) mass is 361 g/mol. The van der Waals surface area contributed by atoms with E-state index in [1.165, 1.54) is 5.56 Å². The van der Waals surface area contributed by atoms with Crippen molar-refractivity contribution >= 4 is 17.8 Å². The van der Waals surface area contributed by atoms with Crippen LogP contribution in [0.3, 0.4) is 0 Å². The quantitative estimate of drug-likeness (QED) is 0.662. The Bertz CT molecular complexity index is 1260. The Kier molecular flexibility index (Phi) is 4.15. The van der Waals surface area contributed by atoms with E-state index in [0.29, 0.717) is 0 Å². The van der Waals surface area contributed by atoms with Crippen molar-refractivity contribution in [3.8, 4) is 11.5 Å². The van der Waals surface area contributed by atoms with Crippen molar-refractivity contribution in [2.45, 2.75) is 33.8 Å². The van der Waals surface area contributed by atoms with Crippen LogP contribution in [0.15, 0.2) is 35.3 Å². The lowest BCUT2D eigenvalue weighted by Gasteiger charge is -2.06. The first kappa shape index (κ1) is 17.2. The van der Waals surface area contributed by atoms with Crippen LogP contribution in [0.4, 0.5) is 0 Å². The summed E-state index contributed by atoms with van der Waals surface area (Å²) in [5, 5.41) is 13.3. The zero-order valence-corrected chi connectivity index (χ0v) is 15.9. The van der Waals surface area contributed by atoms with Crippen molar-refractivity contribution in [3.63, 3.8) is 0 Å². The van der Waals surface area contributed by atoms with Crippen LogP contribution in [0.5, 0.6) is 11.5 Å². The number of nitrogens with one attached hydrogen (secondary N) is 2. The van der Waals surface area contributed by atoms with E-state index < -0.39 is 0 Å². The molecule has 5 heteroatoms. The van der Waals surface area contributed by atoms with E-state index in [-0.39, 0.29) is 11.9 Å². The lowest BCUT2D eigenvalue weighted by Crippen LogP contribution is -2.20. The van der Waals surface area contributed by atoms with Crippen LogP contribution < -0.4 is 26.0 Å². The van der Waals surface area contributed by atoms with Gasteiger partial charge in [0.15, 0.2) is 0 Å². The van der Waals surface area contributed by atoms with E-state index in [1.54, 1.807) is 12.1 Å². The molecule has 0 fully saturated rings. The van der Waals surface area contributed by atoms with Crippen LogP contribution in [-0.4, -0.2) is 21.2 Å². The van der Waals surface area contributed by atoms with Gasteiger partial charge in [-0.3, -0.25) is 0 Å². The number of benzene rings is 1. The van der Waals surface area contributed by atoms with Crippen molar-refractivity contribution in [2.75, 3.05) is 0 Å². The van der Waals surface area contributed by atoms with E-state index in [4.69, 9.17) is 4.74 Å². The number of aromatic nitrogens is 2. The molecule has 0 aliphatic carbocycles. The molecule has 3 heterocycles. The normalized spacial score (nSPS) is 15.7. The van der Waals surface area contributed by atoms with Crippen LogP contribution in [0.25, 0.3) is 17.8 Å². The molecule has 0 radical (unpaired) electrons. The standard InChI is InChI=1S/C22H23N3O2/c1-12(2)27-22-11-19(18-9-15-16(24-18)6-5-7-21(15)26)25-20(22)10-17-13(3)8-14(4)23-17/h5-12,23,25-26H,1-4H3/b19-18-,20-10?. The summed E-state index contributed by atoms with van der Waals surface area (Å²) in [5.74, 6) is 1.02. The number of aromatic hydroxyl groups is 1. The molecule has 0 saturated carbocycles. The largest absolute Gasteiger partial charge is 0.507 e. The van der Waals surface area contributed by atoms with Crippen molar-refractivity contribution in [3.05, 3.63) is 68.6 Å². The molecule has 0 unspecified atom stereocenters. The van der Waals surface area contributed by atoms with Crippen molar-refractivity contribution in [1.29, 1.82) is 0 Å². The fourth-order valence-electron chi connectivity index (χ4n) is 3.32. The van der Waals surface area contributed by atoms with E-state index in [2.05, 4.69) is 34.0 Å². The Balaban J connectivity index is 1.93. The Morgan fingerprint density at radius 2 is 1.96 bits per heavy atom. The van der Waals surface area contributed by atoms with E-state index in [0.717, 1.165) is 44.1 Å². The zero-order chi connectivity index (χ0) is 19.1. The topological polar surface area (TPSA) is 73.4 Å².